The molecule has 1 nitrogen and oxygen atoms in total. The normalized spacial score (nSPS) is 13.6. The molecule has 0 amide bonds. The first-order chi connectivity index (χ1) is 3.81. The molecule has 1 atom stereocenters. The van der Waals surface area contributed by atoms with Crippen LogP contribution < -0.4 is 0 Å². The Hall–Kier alpha value is 0.190. The summed E-state index contributed by atoms with van der Waals surface area (Å²) in [4.78, 5) is 0.280. The second kappa shape index (κ2) is 5.33. The van der Waals surface area contributed by atoms with Gasteiger partial charge in [0, 0.05) is 16.2 Å². The van der Waals surface area contributed by atoms with Crippen molar-refractivity contribution in [2.24, 2.45) is 0 Å². The Morgan fingerprint density at radius 1 is 1.75 bits per heavy atom. The standard InChI is InChI=1S/C5H5Br2N/c6-4-5(7)2-1-3-8/h1-2,5H,4H2. The Morgan fingerprint density at radius 2 is 2.38 bits per heavy atom. The fraction of sp³-hybridized carbons (Fsp3) is 0.400. The highest BCUT2D eigenvalue weighted by atomic mass is 79.9. The SMILES string of the molecule is N#CC=CC(Br)CBr. The first-order valence-electron chi connectivity index (χ1n) is 2.07. The summed E-state index contributed by atoms with van der Waals surface area (Å²) < 4.78 is 0. The molecule has 0 aromatic heterocycles. The molecule has 0 rings (SSSR count). The van der Waals surface area contributed by atoms with Crippen molar-refractivity contribution < 1.29 is 0 Å². The van der Waals surface area contributed by atoms with E-state index in [0.717, 1.165) is 5.33 Å². The van der Waals surface area contributed by atoms with Crippen molar-refractivity contribution in [1.29, 1.82) is 5.26 Å². The lowest BCUT2D eigenvalue weighted by atomic mass is 10.4. The van der Waals surface area contributed by atoms with Gasteiger partial charge in [0.2, 0.25) is 0 Å². The van der Waals surface area contributed by atoms with Gasteiger partial charge in [-0.15, -0.1) is 0 Å². The summed E-state index contributed by atoms with van der Waals surface area (Å²) in [5.74, 6) is 0. The fourth-order valence-electron chi connectivity index (χ4n) is 0.199. The van der Waals surface area contributed by atoms with Gasteiger partial charge in [0.05, 0.1) is 6.07 Å². The maximum atomic E-state index is 8.04. The molecule has 0 saturated heterocycles. The van der Waals surface area contributed by atoms with Gasteiger partial charge >= 0.3 is 0 Å². The van der Waals surface area contributed by atoms with Gasteiger partial charge in [0.15, 0.2) is 0 Å². The number of hydrogen-bond donors (Lipinski definition) is 0. The van der Waals surface area contributed by atoms with Gasteiger partial charge < -0.3 is 0 Å². The van der Waals surface area contributed by atoms with Crippen LogP contribution in [0.5, 0.6) is 0 Å². The van der Waals surface area contributed by atoms with Crippen LogP contribution >= 0.6 is 31.9 Å². The summed E-state index contributed by atoms with van der Waals surface area (Å²) >= 11 is 6.53. The Bertz CT molecular complexity index is 114. The lowest BCUT2D eigenvalue weighted by molar-refractivity contribution is 1.31. The monoisotopic (exact) mass is 237 g/mol. The van der Waals surface area contributed by atoms with Crippen molar-refractivity contribution in [3.05, 3.63) is 12.2 Å². The van der Waals surface area contributed by atoms with E-state index in [9.17, 15) is 0 Å². The number of allylic oxidation sites excluding steroid dienone is 2. The van der Waals surface area contributed by atoms with Crippen molar-refractivity contribution in [3.8, 4) is 6.07 Å². The van der Waals surface area contributed by atoms with Crippen LogP contribution in [-0.2, 0) is 0 Å². The molecule has 0 bridgehead atoms. The Labute approximate surface area is 65.6 Å². The molecule has 1 unspecified atom stereocenters. The molecule has 0 aliphatic heterocycles. The highest BCUT2D eigenvalue weighted by Crippen LogP contribution is 2.03. The molecule has 3 heteroatoms. The summed E-state index contributed by atoms with van der Waals surface area (Å²) in [6, 6.07) is 1.90. The smallest absolute Gasteiger partial charge is 0.0909 e. The number of rotatable bonds is 2. The minimum absolute atomic E-state index is 0.280. The zero-order valence-electron chi connectivity index (χ0n) is 4.14. The minimum atomic E-state index is 0.280. The second-order valence-electron chi connectivity index (χ2n) is 1.16. The molecular weight excluding hydrogens is 234 g/mol. The predicted molar refractivity (Wildman–Crippen MR) is 41.3 cm³/mol. The third-order valence-electron chi connectivity index (χ3n) is 0.527. The highest BCUT2D eigenvalue weighted by molar-refractivity contribution is 9.12. The maximum absolute atomic E-state index is 8.04. The van der Waals surface area contributed by atoms with Crippen molar-refractivity contribution >= 4 is 31.9 Å². The molecule has 0 saturated carbocycles. The summed E-state index contributed by atoms with van der Waals surface area (Å²) in [5.41, 5.74) is 0. The molecule has 0 heterocycles. The number of nitrogens with zero attached hydrogens (tertiary/aromatic N) is 1. The Balaban J connectivity index is 3.40. The summed E-state index contributed by atoms with van der Waals surface area (Å²) in [5, 5.41) is 8.88. The van der Waals surface area contributed by atoms with E-state index in [4.69, 9.17) is 5.26 Å². The van der Waals surface area contributed by atoms with Crippen molar-refractivity contribution in [2.45, 2.75) is 4.83 Å². The van der Waals surface area contributed by atoms with Crippen LogP contribution in [0.1, 0.15) is 0 Å². The summed E-state index contributed by atoms with van der Waals surface area (Å²) in [7, 11) is 0. The van der Waals surface area contributed by atoms with E-state index < -0.39 is 0 Å². The van der Waals surface area contributed by atoms with Crippen molar-refractivity contribution in [1.82, 2.24) is 0 Å². The van der Waals surface area contributed by atoms with Gasteiger partial charge in [0.25, 0.3) is 0 Å². The van der Waals surface area contributed by atoms with Crippen LogP contribution in [0, 0.1) is 11.3 Å². The highest BCUT2D eigenvalue weighted by Gasteiger charge is 1.91. The zero-order chi connectivity index (χ0) is 6.41. The van der Waals surface area contributed by atoms with Crippen LogP contribution in [0.15, 0.2) is 12.2 Å². The van der Waals surface area contributed by atoms with Crippen molar-refractivity contribution in [3.63, 3.8) is 0 Å². The molecule has 0 spiro atoms. The van der Waals surface area contributed by atoms with Crippen LogP contribution in [0.4, 0.5) is 0 Å². The van der Waals surface area contributed by atoms with Gasteiger partial charge in [-0.3, -0.25) is 0 Å². The van der Waals surface area contributed by atoms with Crippen LogP contribution in [0.25, 0.3) is 0 Å². The van der Waals surface area contributed by atoms with E-state index >= 15 is 0 Å². The predicted octanol–water partition coefficient (Wildman–Crippen LogP) is 2.22. The van der Waals surface area contributed by atoms with Gasteiger partial charge in [-0.2, -0.15) is 5.26 Å². The van der Waals surface area contributed by atoms with E-state index in [1.807, 2.05) is 6.07 Å². The van der Waals surface area contributed by atoms with Gasteiger partial charge in [-0.25, -0.2) is 0 Å². The molecule has 0 N–H and O–H groups in total. The van der Waals surface area contributed by atoms with Gasteiger partial charge in [-0.1, -0.05) is 37.9 Å². The fourth-order valence-corrected chi connectivity index (χ4v) is 0.567. The van der Waals surface area contributed by atoms with E-state index in [-0.39, 0.29) is 4.83 Å². The number of alkyl halides is 2. The summed E-state index contributed by atoms with van der Waals surface area (Å²) in [6.07, 6.45) is 3.25. The second-order valence-corrected chi connectivity index (χ2v) is 2.98. The molecule has 8 heavy (non-hydrogen) atoms. The summed E-state index contributed by atoms with van der Waals surface area (Å²) in [6.45, 7) is 0. The van der Waals surface area contributed by atoms with Gasteiger partial charge in [0.1, 0.15) is 0 Å². The number of halogens is 2. The van der Waals surface area contributed by atoms with E-state index in [1.54, 1.807) is 6.08 Å². The largest absolute Gasteiger partial charge is 0.193 e. The molecule has 0 radical (unpaired) electrons. The van der Waals surface area contributed by atoms with E-state index in [2.05, 4.69) is 31.9 Å². The number of nitriles is 1. The quantitative estimate of drug-likeness (QED) is 0.535. The molecule has 44 valence electrons. The average Bonchev–Trinajstić information content (AvgIpc) is 1.83. The molecular formula is C5H5Br2N. The van der Waals surface area contributed by atoms with Crippen LogP contribution in [0.3, 0.4) is 0 Å². The number of hydrogen-bond acceptors (Lipinski definition) is 1. The first-order valence-corrected chi connectivity index (χ1v) is 4.11. The zero-order valence-corrected chi connectivity index (χ0v) is 7.31. The molecule has 0 aromatic rings. The molecule has 0 aliphatic carbocycles. The molecule has 0 aliphatic rings. The van der Waals surface area contributed by atoms with Crippen LogP contribution in [-0.4, -0.2) is 10.2 Å². The van der Waals surface area contributed by atoms with E-state index in [0.29, 0.717) is 0 Å². The van der Waals surface area contributed by atoms with E-state index in [1.165, 1.54) is 6.08 Å². The lowest BCUT2D eigenvalue weighted by Crippen LogP contribution is -1.90. The van der Waals surface area contributed by atoms with Gasteiger partial charge in [-0.05, 0) is 0 Å². The minimum Gasteiger partial charge on any atom is -0.193 e. The third-order valence-corrected chi connectivity index (χ3v) is 2.72. The lowest BCUT2D eigenvalue weighted by Gasteiger charge is -1.91. The first kappa shape index (κ1) is 8.19. The molecule has 0 aromatic carbocycles. The Kier molecular flexibility index (Phi) is 5.46. The topological polar surface area (TPSA) is 23.8 Å². The maximum Gasteiger partial charge on any atom is 0.0909 e. The molecule has 0 fully saturated rings. The Morgan fingerprint density at radius 3 is 2.75 bits per heavy atom. The average molecular weight is 239 g/mol. The third kappa shape index (κ3) is 4.35. The van der Waals surface area contributed by atoms with Crippen LogP contribution in [0.2, 0.25) is 0 Å². The van der Waals surface area contributed by atoms with Crippen molar-refractivity contribution in [2.75, 3.05) is 5.33 Å².